The van der Waals surface area contributed by atoms with Crippen LogP contribution in [0.25, 0.3) is 0 Å². The van der Waals surface area contributed by atoms with Crippen molar-refractivity contribution in [3.05, 3.63) is 65.7 Å². The molecule has 160 valence electrons. The van der Waals surface area contributed by atoms with Crippen LogP contribution in [0.15, 0.2) is 54.6 Å². The fraction of sp³-hybridized carbons (Fsp3) is 0.417. The number of benzene rings is 2. The van der Waals surface area contributed by atoms with Crippen molar-refractivity contribution in [2.75, 3.05) is 32.8 Å². The van der Waals surface area contributed by atoms with E-state index < -0.39 is 0 Å². The van der Waals surface area contributed by atoms with E-state index in [1.165, 1.54) is 5.56 Å². The van der Waals surface area contributed by atoms with E-state index in [0.717, 1.165) is 38.5 Å². The quantitative estimate of drug-likeness (QED) is 0.728. The molecule has 3 rings (SSSR count). The summed E-state index contributed by atoms with van der Waals surface area (Å²) in [4.78, 5) is 29.1. The highest BCUT2D eigenvalue weighted by molar-refractivity contribution is 5.94. The zero-order valence-corrected chi connectivity index (χ0v) is 17.8. The molecule has 1 aliphatic rings. The van der Waals surface area contributed by atoms with Crippen LogP contribution >= 0.6 is 0 Å². The Morgan fingerprint density at radius 3 is 2.30 bits per heavy atom. The molecule has 2 aromatic carbocycles. The first-order valence-electron chi connectivity index (χ1n) is 10.6. The van der Waals surface area contributed by atoms with Crippen LogP contribution in [-0.2, 0) is 11.3 Å². The van der Waals surface area contributed by atoms with Gasteiger partial charge in [0.2, 0.25) is 5.91 Å². The Kier molecular flexibility index (Phi) is 7.85. The van der Waals surface area contributed by atoms with Crippen molar-refractivity contribution in [1.82, 2.24) is 15.1 Å². The number of nitrogens with zero attached hydrogens (tertiary/aromatic N) is 2. The molecule has 1 fully saturated rings. The average Bonchev–Trinajstić information content (AvgIpc) is 2.76. The Balaban J connectivity index is 1.40. The van der Waals surface area contributed by atoms with Crippen molar-refractivity contribution in [2.24, 2.45) is 0 Å². The summed E-state index contributed by atoms with van der Waals surface area (Å²) in [6, 6.07) is 17.1. The molecule has 0 spiro atoms. The third-order valence-corrected chi connectivity index (χ3v) is 5.26. The fourth-order valence-electron chi connectivity index (χ4n) is 3.61. The molecule has 6 heteroatoms. The Labute approximate surface area is 178 Å². The second kappa shape index (κ2) is 10.8. The summed E-state index contributed by atoms with van der Waals surface area (Å²) >= 11 is 0. The molecule has 1 saturated heterocycles. The Hall–Kier alpha value is -2.86. The number of piperazine rings is 1. The van der Waals surface area contributed by atoms with Gasteiger partial charge < -0.3 is 15.0 Å². The first kappa shape index (κ1) is 21.8. The van der Waals surface area contributed by atoms with Crippen LogP contribution in [0.2, 0.25) is 0 Å². The van der Waals surface area contributed by atoms with Crippen molar-refractivity contribution < 1.29 is 14.3 Å². The zero-order valence-electron chi connectivity index (χ0n) is 17.8. The predicted molar refractivity (Wildman–Crippen MR) is 117 cm³/mol. The number of nitrogens with one attached hydrogen (secondary N) is 1. The zero-order chi connectivity index (χ0) is 21.3. The molecule has 0 saturated carbocycles. The van der Waals surface area contributed by atoms with Crippen LogP contribution < -0.4 is 10.1 Å². The van der Waals surface area contributed by atoms with Crippen LogP contribution in [0.5, 0.6) is 5.75 Å². The number of amides is 2. The molecule has 0 aliphatic carbocycles. The van der Waals surface area contributed by atoms with Gasteiger partial charge in [0.25, 0.3) is 5.91 Å². The summed E-state index contributed by atoms with van der Waals surface area (Å²) in [5, 5.41) is 2.91. The first-order valence-corrected chi connectivity index (χ1v) is 10.6. The summed E-state index contributed by atoms with van der Waals surface area (Å²) < 4.78 is 5.49. The monoisotopic (exact) mass is 409 g/mol. The average molecular weight is 410 g/mol. The number of rotatable bonds is 8. The summed E-state index contributed by atoms with van der Waals surface area (Å²) in [6.45, 7) is 8.53. The Bertz CT molecular complexity index is 815. The van der Waals surface area contributed by atoms with Crippen LogP contribution in [0.3, 0.4) is 0 Å². The lowest BCUT2D eigenvalue weighted by atomic mass is 10.1. The Morgan fingerprint density at radius 2 is 1.67 bits per heavy atom. The van der Waals surface area contributed by atoms with Crippen LogP contribution in [0.1, 0.15) is 36.2 Å². The van der Waals surface area contributed by atoms with Gasteiger partial charge in [0, 0.05) is 50.7 Å². The van der Waals surface area contributed by atoms with Gasteiger partial charge >= 0.3 is 0 Å². The molecule has 1 atom stereocenters. The molecule has 0 bridgehead atoms. The molecule has 0 radical (unpaired) electrons. The van der Waals surface area contributed by atoms with Gasteiger partial charge in [-0.3, -0.25) is 14.5 Å². The maximum atomic E-state index is 12.6. The summed E-state index contributed by atoms with van der Waals surface area (Å²) in [6.07, 6.45) is 0.317. The smallest absolute Gasteiger partial charge is 0.251 e. The highest BCUT2D eigenvalue weighted by Gasteiger charge is 2.23. The number of ether oxygens (including phenoxy) is 1. The summed E-state index contributed by atoms with van der Waals surface area (Å²) in [7, 11) is 0. The minimum atomic E-state index is -0.202. The second-order valence-electron chi connectivity index (χ2n) is 7.68. The van der Waals surface area contributed by atoms with E-state index in [9.17, 15) is 9.59 Å². The van der Waals surface area contributed by atoms with E-state index in [1.54, 1.807) is 12.1 Å². The predicted octanol–water partition coefficient (Wildman–Crippen LogP) is 2.94. The van der Waals surface area contributed by atoms with Crippen molar-refractivity contribution in [3.8, 4) is 5.75 Å². The molecule has 2 aromatic rings. The van der Waals surface area contributed by atoms with E-state index in [-0.39, 0.29) is 17.9 Å². The lowest BCUT2D eigenvalue weighted by Crippen LogP contribution is -2.49. The van der Waals surface area contributed by atoms with E-state index >= 15 is 0 Å². The van der Waals surface area contributed by atoms with Crippen LogP contribution in [0.4, 0.5) is 0 Å². The lowest BCUT2D eigenvalue weighted by Gasteiger charge is -2.35. The van der Waals surface area contributed by atoms with E-state index in [0.29, 0.717) is 18.6 Å². The van der Waals surface area contributed by atoms with Gasteiger partial charge in [-0.25, -0.2) is 0 Å². The Morgan fingerprint density at radius 1 is 1.00 bits per heavy atom. The minimum absolute atomic E-state index is 0.0941. The number of hydrogen-bond acceptors (Lipinski definition) is 4. The molecule has 2 amide bonds. The van der Waals surface area contributed by atoms with Gasteiger partial charge in [-0.15, -0.1) is 0 Å². The summed E-state index contributed by atoms with van der Waals surface area (Å²) in [5.74, 6) is 0.845. The molecular weight excluding hydrogens is 378 g/mol. The molecule has 1 unspecified atom stereocenters. The molecule has 1 heterocycles. The number of carbonyl (C=O) groups is 2. The summed E-state index contributed by atoms with van der Waals surface area (Å²) in [5.41, 5.74) is 1.86. The lowest BCUT2D eigenvalue weighted by molar-refractivity contribution is -0.133. The van der Waals surface area contributed by atoms with E-state index in [1.807, 2.05) is 49.1 Å². The van der Waals surface area contributed by atoms with E-state index in [2.05, 4.69) is 22.3 Å². The highest BCUT2D eigenvalue weighted by atomic mass is 16.5. The van der Waals surface area contributed by atoms with Gasteiger partial charge in [-0.2, -0.15) is 0 Å². The standard InChI is InChI=1S/C24H31N3O3/c1-3-30-22-11-9-20(10-12-22)18-26-13-15-27(16-14-26)23(28)17-19(2)25-24(29)21-7-5-4-6-8-21/h4-12,19H,3,13-18H2,1-2H3,(H,25,29). The van der Waals surface area contributed by atoms with Gasteiger partial charge in [0.05, 0.1) is 6.61 Å². The third-order valence-electron chi connectivity index (χ3n) is 5.26. The third kappa shape index (κ3) is 6.32. The maximum absolute atomic E-state index is 12.6. The van der Waals surface area contributed by atoms with Crippen LogP contribution in [0, 0.1) is 0 Å². The van der Waals surface area contributed by atoms with Crippen molar-refractivity contribution in [2.45, 2.75) is 32.9 Å². The fourth-order valence-corrected chi connectivity index (χ4v) is 3.61. The SMILES string of the molecule is CCOc1ccc(CN2CCN(C(=O)CC(C)NC(=O)c3ccccc3)CC2)cc1. The van der Waals surface area contributed by atoms with Gasteiger partial charge in [-0.05, 0) is 43.7 Å². The number of carbonyl (C=O) groups excluding carboxylic acids is 2. The molecular formula is C24H31N3O3. The molecule has 1 aliphatic heterocycles. The normalized spacial score (nSPS) is 15.5. The van der Waals surface area contributed by atoms with Gasteiger partial charge in [0.15, 0.2) is 0 Å². The first-order chi connectivity index (χ1) is 14.5. The van der Waals surface area contributed by atoms with Crippen LogP contribution in [-0.4, -0.2) is 60.4 Å². The van der Waals surface area contributed by atoms with Crippen molar-refractivity contribution >= 4 is 11.8 Å². The highest BCUT2D eigenvalue weighted by Crippen LogP contribution is 2.15. The van der Waals surface area contributed by atoms with Gasteiger partial charge in [0.1, 0.15) is 5.75 Å². The maximum Gasteiger partial charge on any atom is 0.251 e. The molecule has 30 heavy (non-hydrogen) atoms. The second-order valence-corrected chi connectivity index (χ2v) is 7.68. The molecule has 1 N–H and O–H groups in total. The van der Waals surface area contributed by atoms with Gasteiger partial charge in [-0.1, -0.05) is 30.3 Å². The largest absolute Gasteiger partial charge is 0.494 e. The molecule has 0 aromatic heterocycles. The molecule has 6 nitrogen and oxygen atoms in total. The van der Waals surface area contributed by atoms with E-state index in [4.69, 9.17) is 4.74 Å². The topological polar surface area (TPSA) is 61.9 Å². The minimum Gasteiger partial charge on any atom is -0.494 e. The van der Waals surface area contributed by atoms with Crippen molar-refractivity contribution in [1.29, 1.82) is 0 Å². The number of hydrogen-bond donors (Lipinski definition) is 1. The van der Waals surface area contributed by atoms with Crippen molar-refractivity contribution in [3.63, 3.8) is 0 Å².